The van der Waals surface area contributed by atoms with Gasteiger partial charge in [-0.2, -0.15) is 10.3 Å². The van der Waals surface area contributed by atoms with Crippen molar-refractivity contribution < 1.29 is 9.18 Å². The van der Waals surface area contributed by atoms with Crippen LogP contribution in [-0.2, 0) is 0 Å². The van der Waals surface area contributed by atoms with E-state index in [-0.39, 0.29) is 5.56 Å². The number of hydrogen-bond acceptors (Lipinski definition) is 6. The fraction of sp³-hybridized carbons (Fsp3) is 0.333. The van der Waals surface area contributed by atoms with Gasteiger partial charge in [-0.15, -0.1) is 5.10 Å². The molecular weight excluding hydrogens is 457 g/mol. The summed E-state index contributed by atoms with van der Waals surface area (Å²) >= 11 is 0. The fourth-order valence-corrected chi connectivity index (χ4v) is 5.32. The van der Waals surface area contributed by atoms with E-state index in [1.807, 2.05) is 24.3 Å². The number of fused-ring (bicyclic) bond motifs is 1. The minimum absolute atomic E-state index is 0.0401. The zero-order valence-electron chi connectivity index (χ0n) is 20.0. The molecule has 4 aromatic rings. The largest absolute Gasteiger partial charge is 0.369 e. The summed E-state index contributed by atoms with van der Waals surface area (Å²) in [6.07, 6.45) is 5.40. The lowest BCUT2D eigenvalue weighted by Gasteiger charge is -2.39. The van der Waals surface area contributed by atoms with Crippen LogP contribution in [0.5, 0.6) is 0 Å². The molecule has 1 aliphatic carbocycles. The molecule has 1 aliphatic heterocycles. The molecule has 0 radical (unpaired) electrons. The Morgan fingerprint density at radius 2 is 1.72 bits per heavy atom. The van der Waals surface area contributed by atoms with Crippen LogP contribution in [0.15, 0.2) is 54.6 Å². The number of amides is 1. The number of carbonyl (C=O) groups excluding carboxylic acids is 1. The van der Waals surface area contributed by atoms with Crippen LogP contribution in [0.4, 0.5) is 15.8 Å². The Hall–Kier alpha value is -3.85. The molecule has 2 N–H and O–H groups in total. The first kappa shape index (κ1) is 22.6. The molecule has 3 heterocycles. The van der Waals surface area contributed by atoms with Gasteiger partial charge < -0.3 is 10.2 Å². The van der Waals surface area contributed by atoms with Crippen LogP contribution in [0.3, 0.4) is 0 Å². The number of aromatic amines is 1. The molecule has 1 saturated carbocycles. The second kappa shape index (κ2) is 9.66. The predicted molar refractivity (Wildman–Crippen MR) is 138 cm³/mol. The molecule has 1 amide bonds. The van der Waals surface area contributed by atoms with Crippen molar-refractivity contribution in [3.63, 3.8) is 0 Å². The number of aromatic nitrogens is 4. The summed E-state index contributed by atoms with van der Waals surface area (Å²) in [5.41, 5.74) is 4.03. The van der Waals surface area contributed by atoms with Gasteiger partial charge in [0.25, 0.3) is 5.91 Å². The number of benzene rings is 2. The number of anilines is 2. The van der Waals surface area contributed by atoms with E-state index in [0.717, 1.165) is 37.9 Å². The molecule has 0 atom stereocenters. The SMILES string of the molecule is O=C(Nc1ccc(N2CCN(C3CCCC3)CC2)cc1)c1cc(-c2ccc3n[nH]nc3n2)ccc1F. The maximum absolute atomic E-state index is 14.6. The van der Waals surface area contributed by atoms with Crippen molar-refractivity contribution in [2.24, 2.45) is 0 Å². The quantitative estimate of drug-likeness (QED) is 0.433. The number of rotatable bonds is 5. The van der Waals surface area contributed by atoms with Crippen LogP contribution in [0.1, 0.15) is 36.0 Å². The van der Waals surface area contributed by atoms with Crippen molar-refractivity contribution in [1.82, 2.24) is 25.3 Å². The summed E-state index contributed by atoms with van der Waals surface area (Å²) in [5, 5.41) is 13.3. The molecule has 2 fully saturated rings. The average Bonchev–Trinajstić information content (AvgIpc) is 3.62. The monoisotopic (exact) mass is 485 g/mol. The van der Waals surface area contributed by atoms with Crippen molar-refractivity contribution in [2.45, 2.75) is 31.7 Å². The Morgan fingerprint density at radius 3 is 2.50 bits per heavy atom. The first-order chi connectivity index (χ1) is 17.6. The van der Waals surface area contributed by atoms with Crippen LogP contribution < -0.4 is 10.2 Å². The third-order valence-corrected chi connectivity index (χ3v) is 7.33. The molecule has 1 saturated heterocycles. The number of halogens is 1. The average molecular weight is 486 g/mol. The second-order valence-electron chi connectivity index (χ2n) is 9.52. The van der Waals surface area contributed by atoms with Gasteiger partial charge in [-0.05, 0) is 67.4 Å². The highest BCUT2D eigenvalue weighted by Crippen LogP contribution is 2.27. The number of piperazine rings is 1. The topological polar surface area (TPSA) is 90.0 Å². The summed E-state index contributed by atoms with van der Waals surface area (Å²) in [6.45, 7) is 4.21. The summed E-state index contributed by atoms with van der Waals surface area (Å²) in [6, 6.07) is 16.5. The molecule has 36 heavy (non-hydrogen) atoms. The van der Waals surface area contributed by atoms with E-state index in [0.29, 0.717) is 28.1 Å². The van der Waals surface area contributed by atoms with Gasteiger partial charge in [0.1, 0.15) is 11.3 Å². The Kier molecular flexibility index (Phi) is 6.06. The Morgan fingerprint density at radius 1 is 0.944 bits per heavy atom. The molecule has 0 spiro atoms. The van der Waals surface area contributed by atoms with Crippen LogP contribution in [0.2, 0.25) is 0 Å². The summed E-state index contributed by atoms with van der Waals surface area (Å²) in [7, 11) is 0. The van der Waals surface area contributed by atoms with E-state index in [2.05, 4.69) is 35.5 Å². The van der Waals surface area contributed by atoms with Gasteiger partial charge in [-0.3, -0.25) is 9.69 Å². The first-order valence-corrected chi connectivity index (χ1v) is 12.5. The molecule has 2 aliphatic rings. The van der Waals surface area contributed by atoms with Gasteiger partial charge in [-0.1, -0.05) is 12.8 Å². The first-order valence-electron chi connectivity index (χ1n) is 12.5. The second-order valence-corrected chi connectivity index (χ2v) is 9.52. The maximum atomic E-state index is 14.6. The maximum Gasteiger partial charge on any atom is 0.258 e. The standard InChI is InChI=1S/C27H28FN7O/c28-23-10-5-18(24-11-12-25-26(30-24)32-33-31-25)17-22(23)27(36)29-19-6-8-21(9-7-19)35-15-13-34(14-16-35)20-3-1-2-4-20/h5-12,17,20H,1-4,13-16H2,(H,29,36)(H,30,31,32,33). The minimum atomic E-state index is -0.587. The summed E-state index contributed by atoms with van der Waals surface area (Å²) < 4.78 is 14.6. The third-order valence-electron chi connectivity index (χ3n) is 7.33. The van der Waals surface area contributed by atoms with Crippen molar-refractivity contribution in [2.75, 3.05) is 36.4 Å². The highest BCUT2D eigenvalue weighted by atomic mass is 19.1. The molecule has 0 unspecified atom stereocenters. The van der Waals surface area contributed by atoms with Crippen LogP contribution >= 0.6 is 0 Å². The smallest absolute Gasteiger partial charge is 0.258 e. The van der Waals surface area contributed by atoms with Crippen molar-refractivity contribution in [3.05, 3.63) is 66.0 Å². The number of nitrogens with one attached hydrogen (secondary N) is 2. The fourth-order valence-electron chi connectivity index (χ4n) is 5.32. The van der Waals surface area contributed by atoms with Crippen molar-refractivity contribution >= 4 is 28.4 Å². The zero-order chi connectivity index (χ0) is 24.5. The third kappa shape index (κ3) is 4.54. The molecule has 9 heteroatoms. The lowest BCUT2D eigenvalue weighted by molar-refractivity contribution is 0.102. The van der Waals surface area contributed by atoms with Gasteiger partial charge in [-0.25, -0.2) is 9.37 Å². The Labute approximate surface area is 208 Å². The number of carbonyl (C=O) groups is 1. The molecule has 8 nitrogen and oxygen atoms in total. The molecule has 2 aromatic carbocycles. The Bertz CT molecular complexity index is 1370. The number of hydrogen-bond donors (Lipinski definition) is 2. The van der Waals surface area contributed by atoms with E-state index >= 15 is 0 Å². The van der Waals surface area contributed by atoms with Gasteiger partial charge >= 0.3 is 0 Å². The minimum Gasteiger partial charge on any atom is -0.369 e. The van der Waals surface area contributed by atoms with Crippen LogP contribution in [0.25, 0.3) is 22.4 Å². The number of pyridine rings is 1. The summed E-state index contributed by atoms with van der Waals surface area (Å²) in [4.78, 5) is 22.4. The van der Waals surface area contributed by atoms with Gasteiger partial charge in [0.2, 0.25) is 5.65 Å². The molecule has 184 valence electrons. The highest BCUT2D eigenvalue weighted by molar-refractivity contribution is 6.05. The lowest BCUT2D eigenvalue weighted by atomic mass is 10.1. The lowest BCUT2D eigenvalue weighted by Crippen LogP contribution is -2.49. The normalized spacial score (nSPS) is 17.1. The number of nitrogens with zero attached hydrogens (tertiary/aromatic N) is 5. The highest BCUT2D eigenvalue weighted by Gasteiger charge is 2.26. The van der Waals surface area contributed by atoms with E-state index in [1.54, 1.807) is 18.2 Å². The Balaban J connectivity index is 1.12. The molecule has 0 bridgehead atoms. The number of H-pyrrole nitrogens is 1. The predicted octanol–water partition coefficient (Wildman–Crippen LogP) is 4.48. The zero-order valence-corrected chi connectivity index (χ0v) is 20.0. The molecule has 2 aromatic heterocycles. The van der Waals surface area contributed by atoms with Gasteiger partial charge in [0.05, 0.1) is 11.3 Å². The van der Waals surface area contributed by atoms with Crippen LogP contribution in [0, 0.1) is 5.82 Å². The van der Waals surface area contributed by atoms with E-state index in [4.69, 9.17) is 0 Å². The van der Waals surface area contributed by atoms with Gasteiger partial charge in [0, 0.05) is 49.2 Å². The molecule has 6 rings (SSSR count). The molecular formula is C27H28FN7O. The van der Waals surface area contributed by atoms with Crippen molar-refractivity contribution in [3.8, 4) is 11.3 Å². The van der Waals surface area contributed by atoms with E-state index < -0.39 is 11.7 Å². The summed E-state index contributed by atoms with van der Waals surface area (Å²) in [5.74, 6) is -1.09. The van der Waals surface area contributed by atoms with E-state index in [1.165, 1.54) is 37.8 Å². The van der Waals surface area contributed by atoms with Crippen molar-refractivity contribution in [1.29, 1.82) is 0 Å². The van der Waals surface area contributed by atoms with Gasteiger partial charge in [0.15, 0.2) is 0 Å². The van der Waals surface area contributed by atoms with E-state index in [9.17, 15) is 9.18 Å². The van der Waals surface area contributed by atoms with Crippen LogP contribution in [-0.4, -0.2) is 63.4 Å².